The highest BCUT2D eigenvalue weighted by molar-refractivity contribution is 7.21. The molecule has 7 aromatic rings. The Balaban J connectivity index is 1.38. The lowest BCUT2D eigenvalue weighted by atomic mass is 9.82. The van der Waals surface area contributed by atoms with E-state index in [2.05, 4.69) is 168 Å². The maximum absolute atomic E-state index is 2.59. The Bertz CT molecular complexity index is 2270. The molecule has 0 saturated heterocycles. The number of rotatable bonds is 6. The minimum atomic E-state index is 0.151. The molecule has 2 aromatic heterocycles. The van der Waals surface area contributed by atoms with E-state index < -0.39 is 0 Å². The zero-order valence-electron chi connectivity index (χ0n) is 30.9. The molecule has 0 amide bonds. The normalized spacial score (nSPS) is 14.0. The van der Waals surface area contributed by atoms with Crippen LogP contribution in [0.5, 0.6) is 0 Å². The number of benzene rings is 5. The molecule has 2 aliphatic rings. The third-order valence-corrected chi connectivity index (χ3v) is 13.6. The fourth-order valence-corrected chi connectivity index (χ4v) is 10.9. The molecule has 5 aromatic carbocycles. The summed E-state index contributed by atoms with van der Waals surface area (Å²) in [5.41, 5.74) is 14.6. The van der Waals surface area contributed by atoms with Crippen molar-refractivity contribution in [3.05, 3.63) is 141 Å². The van der Waals surface area contributed by atoms with E-state index in [0.29, 0.717) is 23.7 Å². The van der Waals surface area contributed by atoms with Gasteiger partial charge in [0.2, 0.25) is 0 Å². The smallest absolute Gasteiger partial charge is 0.0689 e. The molecule has 4 heteroatoms. The molecule has 256 valence electrons. The van der Waals surface area contributed by atoms with Crippen LogP contribution >= 0.6 is 22.7 Å². The first-order valence-electron chi connectivity index (χ1n) is 18.7. The first-order valence-corrected chi connectivity index (χ1v) is 20.3. The van der Waals surface area contributed by atoms with Crippen LogP contribution in [0.4, 0.5) is 34.1 Å². The van der Waals surface area contributed by atoms with E-state index in [-0.39, 0.29) is 5.92 Å². The Morgan fingerprint density at radius 1 is 0.451 bits per heavy atom. The van der Waals surface area contributed by atoms with Gasteiger partial charge >= 0.3 is 0 Å². The Morgan fingerprint density at radius 3 is 1.20 bits per heavy atom. The number of hydrogen-bond donors (Lipinski definition) is 0. The van der Waals surface area contributed by atoms with Gasteiger partial charge in [-0.05, 0) is 107 Å². The van der Waals surface area contributed by atoms with Gasteiger partial charge in [-0.2, -0.15) is 0 Å². The lowest BCUT2D eigenvalue weighted by Crippen LogP contribution is -2.27. The Morgan fingerprint density at radius 2 is 0.824 bits per heavy atom. The van der Waals surface area contributed by atoms with Gasteiger partial charge in [0.25, 0.3) is 0 Å². The Labute approximate surface area is 311 Å². The molecule has 0 aliphatic carbocycles. The fourth-order valence-electron chi connectivity index (χ4n) is 8.22. The maximum Gasteiger partial charge on any atom is 0.0689 e. The standard InChI is InChI=1S/C47H46N2S2/c1-26(2)30-12-18-34(19-13-30)48-38-10-9-11-39-42(38)43(46-44(48)36-24-32(28(5)6)16-22-40(36)50-46)47-45(37-25-33(29(7)8)17-23-41(37)51-47)49(39)35-20-14-31(15-21-35)27(3)4/h9-29,43H,1-8H3. The summed E-state index contributed by atoms with van der Waals surface area (Å²) in [6.45, 7) is 18.3. The third kappa shape index (κ3) is 5.01. The molecule has 0 unspecified atom stereocenters. The van der Waals surface area contributed by atoms with Crippen molar-refractivity contribution in [3.63, 3.8) is 0 Å². The molecule has 2 aliphatic heterocycles. The molecule has 4 heterocycles. The van der Waals surface area contributed by atoms with Crippen LogP contribution in [0.15, 0.2) is 103 Å². The molecule has 9 rings (SSSR count). The van der Waals surface area contributed by atoms with E-state index >= 15 is 0 Å². The predicted molar refractivity (Wildman–Crippen MR) is 224 cm³/mol. The predicted octanol–water partition coefficient (Wildman–Crippen LogP) is 15.4. The van der Waals surface area contributed by atoms with Crippen LogP contribution in [-0.4, -0.2) is 0 Å². The summed E-state index contributed by atoms with van der Waals surface area (Å²) >= 11 is 3.99. The number of anilines is 6. The second-order valence-electron chi connectivity index (χ2n) is 15.8. The first kappa shape index (κ1) is 32.5. The summed E-state index contributed by atoms with van der Waals surface area (Å²) in [6, 6.07) is 40.1. The fraction of sp³-hybridized carbons (Fsp3) is 0.277. The highest BCUT2D eigenvalue weighted by Gasteiger charge is 2.44. The molecule has 0 radical (unpaired) electrons. The second-order valence-corrected chi connectivity index (χ2v) is 17.9. The topological polar surface area (TPSA) is 6.48 Å². The number of hydrogen-bond acceptors (Lipinski definition) is 4. The van der Waals surface area contributed by atoms with Crippen LogP contribution in [0.25, 0.3) is 20.2 Å². The first-order chi connectivity index (χ1) is 24.6. The summed E-state index contributed by atoms with van der Waals surface area (Å²) in [5, 5.41) is 2.73. The molecule has 0 fully saturated rings. The quantitative estimate of drug-likeness (QED) is 0.170. The molecule has 2 nitrogen and oxygen atoms in total. The largest absolute Gasteiger partial charge is 0.308 e. The van der Waals surface area contributed by atoms with E-state index in [1.807, 2.05) is 22.7 Å². The van der Waals surface area contributed by atoms with E-state index in [4.69, 9.17) is 0 Å². The zero-order valence-corrected chi connectivity index (χ0v) is 32.5. The summed E-state index contributed by atoms with van der Waals surface area (Å²) in [5.74, 6) is 2.04. The van der Waals surface area contributed by atoms with Crippen LogP contribution in [-0.2, 0) is 0 Å². The molecular weight excluding hydrogens is 657 g/mol. The van der Waals surface area contributed by atoms with Crippen molar-refractivity contribution in [2.75, 3.05) is 9.80 Å². The average Bonchev–Trinajstić information content (AvgIpc) is 3.70. The molecule has 0 N–H and O–H groups in total. The van der Waals surface area contributed by atoms with E-state index in [0.717, 1.165) is 0 Å². The van der Waals surface area contributed by atoms with Crippen molar-refractivity contribution in [1.29, 1.82) is 0 Å². The van der Waals surface area contributed by atoms with E-state index in [1.54, 1.807) is 0 Å². The monoisotopic (exact) mass is 702 g/mol. The highest BCUT2D eigenvalue weighted by Crippen LogP contribution is 2.66. The van der Waals surface area contributed by atoms with E-state index in [1.165, 1.54) is 91.9 Å². The van der Waals surface area contributed by atoms with Gasteiger partial charge in [-0.25, -0.2) is 0 Å². The van der Waals surface area contributed by atoms with Crippen LogP contribution in [0, 0.1) is 0 Å². The van der Waals surface area contributed by atoms with Crippen LogP contribution < -0.4 is 9.80 Å². The minimum absolute atomic E-state index is 0.151. The lowest BCUT2D eigenvalue weighted by molar-refractivity contribution is 0.866. The van der Waals surface area contributed by atoms with Crippen LogP contribution in [0.3, 0.4) is 0 Å². The summed E-state index contributed by atoms with van der Waals surface area (Å²) in [4.78, 5) is 8.08. The van der Waals surface area contributed by atoms with E-state index in [9.17, 15) is 0 Å². The van der Waals surface area contributed by atoms with Gasteiger partial charge in [-0.15, -0.1) is 22.7 Å². The zero-order chi connectivity index (χ0) is 35.3. The van der Waals surface area contributed by atoms with Crippen molar-refractivity contribution in [1.82, 2.24) is 0 Å². The van der Waals surface area contributed by atoms with Gasteiger partial charge in [-0.3, -0.25) is 0 Å². The van der Waals surface area contributed by atoms with Gasteiger partial charge in [0, 0.05) is 46.9 Å². The number of thiophene rings is 2. The summed E-state index contributed by atoms with van der Waals surface area (Å²) in [6.07, 6.45) is 0. The van der Waals surface area contributed by atoms with Crippen molar-refractivity contribution in [3.8, 4) is 0 Å². The minimum Gasteiger partial charge on any atom is -0.308 e. The van der Waals surface area contributed by atoms with Gasteiger partial charge in [-0.1, -0.05) is 97.9 Å². The highest BCUT2D eigenvalue weighted by atomic mass is 32.1. The average molecular weight is 703 g/mol. The van der Waals surface area contributed by atoms with Crippen molar-refractivity contribution in [2.24, 2.45) is 0 Å². The molecule has 0 bridgehead atoms. The molecule has 0 atom stereocenters. The van der Waals surface area contributed by atoms with Crippen LogP contribution in [0.1, 0.15) is 123 Å². The summed E-state index contributed by atoms with van der Waals surface area (Å²) < 4.78 is 2.72. The SMILES string of the molecule is CC(C)c1ccc(N2c3cccc4c3C(c3sc5ccc(C(C)C)cc5c32)c2sc3ccc(C(C)C)cc3c2N4c2ccc(C(C)C)cc2)cc1. The summed E-state index contributed by atoms with van der Waals surface area (Å²) in [7, 11) is 0. The molecule has 0 spiro atoms. The van der Waals surface area contributed by atoms with Crippen molar-refractivity contribution >= 4 is 77.0 Å². The van der Waals surface area contributed by atoms with Gasteiger partial charge in [0.05, 0.1) is 28.7 Å². The number of nitrogens with zero attached hydrogens (tertiary/aromatic N) is 2. The maximum atomic E-state index is 2.59. The van der Waals surface area contributed by atoms with Crippen molar-refractivity contribution in [2.45, 2.75) is 85.0 Å². The molecule has 0 saturated carbocycles. The number of fused-ring (bicyclic) bond motifs is 8. The van der Waals surface area contributed by atoms with Gasteiger partial charge < -0.3 is 9.80 Å². The third-order valence-electron chi connectivity index (χ3n) is 11.2. The lowest BCUT2D eigenvalue weighted by Gasteiger charge is -2.43. The second kappa shape index (κ2) is 12.1. The Kier molecular flexibility index (Phi) is 7.72. The Hall–Kier alpha value is -4.38. The van der Waals surface area contributed by atoms with Gasteiger partial charge in [0.1, 0.15) is 0 Å². The molecule has 51 heavy (non-hydrogen) atoms. The van der Waals surface area contributed by atoms with Gasteiger partial charge in [0.15, 0.2) is 0 Å². The molecular formula is C47H46N2S2. The van der Waals surface area contributed by atoms with Crippen molar-refractivity contribution < 1.29 is 0 Å². The van der Waals surface area contributed by atoms with Crippen LogP contribution in [0.2, 0.25) is 0 Å².